The average Bonchev–Trinajstić information content (AvgIpc) is 2.34. The minimum absolute atomic E-state index is 0.954. The molecule has 0 bridgehead atoms. The van der Waals surface area contributed by atoms with E-state index in [-0.39, 0.29) is 0 Å². The first-order valence-corrected chi connectivity index (χ1v) is 3.64. The highest BCUT2D eigenvalue weighted by Crippen LogP contribution is 2.20. The van der Waals surface area contributed by atoms with Crippen molar-refractivity contribution in [3.05, 3.63) is 35.6 Å². The monoisotopic (exact) mass is 145 g/mol. The molecule has 2 aromatic rings. The van der Waals surface area contributed by atoms with Crippen LogP contribution in [0.25, 0.3) is 11.0 Å². The summed E-state index contributed by atoms with van der Waals surface area (Å²) in [7, 11) is 0. The van der Waals surface area contributed by atoms with Gasteiger partial charge in [0.05, 0.1) is 0 Å². The molecule has 1 heterocycles. The Kier molecular flexibility index (Phi) is 1.25. The zero-order valence-electron chi connectivity index (χ0n) is 6.64. The molecule has 1 heteroatoms. The Morgan fingerprint density at radius 3 is 2.91 bits per heavy atom. The number of rotatable bonds is 0. The number of furan rings is 1. The first-order chi connectivity index (χ1) is 5.27. The molecule has 0 aliphatic rings. The highest BCUT2D eigenvalue weighted by Gasteiger charge is 2.00. The summed E-state index contributed by atoms with van der Waals surface area (Å²) in [5, 5.41) is 1.14. The molecule has 1 aromatic heterocycles. The van der Waals surface area contributed by atoms with E-state index in [1.807, 2.05) is 13.0 Å². The summed E-state index contributed by atoms with van der Waals surface area (Å²) in [5.74, 6) is 0. The molecule has 1 nitrogen and oxygen atoms in total. The maximum absolute atomic E-state index is 5.18. The zero-order valence-corrected chi connectivity index (χ0v) is 6.64. The lowest BCUT2D eigenvalue weighted by molar-refractivity contribution is 0.603. The van der Waals surface area contributed by atoms with Crippen molar-refractivity contribution in [2.45, 2.75) is 13.8 Å². The van der Waals surface area contributed by atoms with Gasteiger partial charge in [-0.1, -0.05) is 11.6 Å². The van der Waals surface area contributed by atoms with Crippen molar-refractivity contribution >= 4 is 11.0 Å². The summed E-state index contributed by atoms with van der Waals surface area (Å²) >= 11 is 0. The average molecular weight is 145 g/mol. The predicted molar refractivity (Wildman–Crippen MR) is 44.5 cm³/mol. The van der Waals surface area contributed by atoms with E-state index in [1.54, 1.807) is 0 Å². The van der Waals surface area contributed by atoms with E-state index < -0.39 is 0 Å². The third kappa shape index (κ3) is 0.929. The fourth-order valence-corrected chi connectivity index (χ4v) is 1.39. The summed E-state index contributed by atoms with van der Waals surface area (Å²) in [4.78, 5) is 0. The molecule has 0 amide bonds. The van der Waals surface area contributed by atoms with E-state index in [2.05, 4.69) is 25.3 Å². The van der Waals surface area contributed by atoms with Crippen molar-refractivity contribution in [1.29, 1.82) is 0 Å². The van der Waals surface area contributed by atoms with Gasteiger partial charge < -0.3 is 4.42 Å². The van der Waals surface area contributed by atoms with Crippen molar-refractivity contribution in [2.24, 2.45) is 0 Å². The topological polar surface area (TPSA) is 13.1 Å². The number of hydrogen-bond acceptors (Lipinski definition) is 1. The highest BCUT2D eigenvalue weighted by atomic mass is 16.3. The van der Waals surface area contributed by atoms with Crippen LogP contribution >= 0.6 is 0 Å². The second kappa shape index (κ2) is 2.12. The normalized spacial score (nSPS) is 10.7. The van der Waals surface area contributed by atoms with Crippen molar-refractivity contribution in [1.82, 2.24) is 0 Å². The molecule has 55 valence electrons. The Balaban J connectivity index is 2.91. The maximum Gasteiger partial charge on any atom is 0.170 e. The van der Waals surface area contributed by atoms with Crippen LogP contribution in [0.1, 0.15) is 11.1 Å². The molecular formula is C10H9O. The fourth-order valence-electron chi connectivity index (χ4n) is 1.39. The van der Waals surface area contributed by atoms with E-state index in [4.69, 9.17) is 4.42 Å². The Bertz CT molecular complexity index is 385. The van der Waals surface area contributed by atoms with Gasteiger partial charge >= 0.3 is 0 Å². The molecule has 0 atom stereocenters. The number of benzene rings is 1. The third-order valence-electron chi connectivity index (χ3n) is 1.82. The molecule has 1 radical (unpaired) electrons. The Labute approximate surface area is 65.6 Å². The minimum atomic E-state index is 0.954. The molecule has 0 aliphatic carbocycles. The smallest absolute Gasteiger partial charge is 0.170 e. The van der Waals surface area contributed by atoms with Crippen molar-refractivity contribution in [3.63, 3.8) is 0 Å². The standard InChI is InChI=1S/C10H9O/c1-7-5-8(2)10-9(6-7)3-4-11-10/h3,5-6H,1-2H3. The van der Waals surface area contributed by atoms with Crippen molar-refractivity contribution in [2.75, 3.05) is 0 Å². The van der Waals surface area contributed by atoms with Crippen LogP contribution in [0.4, 0.5) is 0 Å². The van der Waals surface area contributed by atoms with Crippen LogP contribution in [0.5, 0.6) is 0 Å². The van der Waals surface area contributed by atoms with Gasteiger partial charge in [0.1, 0.15) is 5.58 Å². The molecule has 0 N–H and O–H groups in total. The van der Waals surface area contributed by atoms with E-state index in [0.717, 1.165) is 11.0 Å². The SMILES string of the molecule is Cc1cc(C)c2o[c]cc2c1. The molecule has 11 heavy (non-hydrogen) atoms. The quantitative estimate of drug-likeness (QED) is 0.555. The summed E-state index contributed by atoms with van der Waals surface area (Å²) < 4.78 is 5.18. The lowest BCUT2D eigenvalue weighted by Crippen LogP contribution is -1.76. The first-order valence-electron chi connectivity index (χ1n) is 3.64. The number of fused-ring (bicyclic) bond motifs is 1. The number of hydrogen-bond donors (Lipinski definition) is 0. The van der Waals surface area contributed by atoms with Crippen LogP contribution in [-0.4, -0.2) is 0 Å². The largest absolute Gasteiger partial charge is 0.453 e. The molecule has 0 aliphatic heterocycles. The van der Waals surface area contributed by atoms with Gasteiger partial charge in [-0.05, 0) is 31.5 Å². The molecule has 0 fully saturated rings. The summed E-state index contributed by atoms with van der Waals surface area (Å²) in [6, 6.07) is 6.08. The second-order valence-electron chi connectivity index (χ2n) is 2.86. The van der Waals surface area contributed by atoms with Gasteiger partial charge in [0, 0.05) is 5.39 Å². The first kappa shape index (κ1) is 6.47. The van der Waals surface area contributed by atoms with Crippen molar-refractivity contribution < 1.29 is 4.42 Å². The summed E-state index contributed by atoms with van der Waals surface area (Å²) in [5.41, 5.74) is 3.40. The van der Waals surface area contributed by atoms with Crippen LogP contribution in [-0.2, 0) is 0 Å². The Hall–Kier alpha value is -1.24. The summed E-state index contributed by atoms with van der Waals surface area (Å²) in [6.07, 6.45) is 2.73. The van der Waals surface area contributed by atoms with E-state index >= 15 is 0 Å². The zero-order chi connectivity index (χ0) is 7.84. The van der Waals surface area contributed by atoms with E-state index in [9.17, 15) is 0 Å². The van der Waals surface area contributed by atoms with Gasteiger partial charge in [0.15, 0.2) is 6.26 Å². The lowest BCUT2D eigenvalue weighted by atomic mass is 10.1. The molecule has 0 unspecified atom stereocenters. The molecule has 0 saturated carbocycles. The highest BCUT2D eigenvalue weighted by molar-refractivity contribution is 5.80. The van der Waals surface area contributed by atoms with Crippen molar-refractivity contribution in [3.8, 4) is 0 Å². The van der Waals surface area contributed by atoms with E-state index in [1.165, 1.54) is 11.1 Å². The van der Waals surface area contributed by atoms with E-state index in [0.29, 0.717) is 0 Å². The number of aryl methyl sites for hydroxylation is 2. The molecular weight excluding hydrogens is 136 g/mol. The Morgan fingerprint density at radius 2 is 2.09 bits per heavy atom. The Morgan fingerprint density at radius 1 is 1.27 bits per heavy atom. The predicted octanol–water partition coefficient (Wildman–Crippen LogP) is 2.85. The minimum Gasteiger partial charge on any atom is -0.453 e. The molecule has 2 rings (SSSR count). The lowest BCUT2D eigenvalue weighted by Gasteiger charge is -1.95. The fraction of sp³-hybridized carbons (Fsp3) is 0.200. The second-order valence-corrected chi connectivity index (χ2v) is 2.86. The van der Waals surface area contributed by atoms with Gasteiger partial charge in [-0.3, -0.25) is 0 Å². The van der Waals surface area contributed by atoms with Gasteiger partial charge in [-0.2, -0.15) is 0 Å². The molecule has 1 aromatic carbocycles. The van der Waals surface area contributed by atoms with Crippen LogP contribution in [0.15, 0.2) is 22.6 Å². The summed E-state index contributed by atoms with van der Waals surface area (Å²) in [6.45, 7) is 4.13. The van der Waals surface area contributed by atoms with Crippen LogP contribution in [0.2, 0.25) is 0 Å². The van der Waals surface area contributed by atoms with Gasteiger partial charge in [0.2, 0.25) is 0 Å². The van der Waals surface area contributed by atoms with Gasteiger partial charge in [-0.15, -0.1) is 0 Å². The van der Waals surface area contributed by atoms with Gasteiger partial charge in [-0.25, -0.2) is 0 Å². The maximum atomic E-state index is 5.18. The third-order valence-corrected chi connectivity index (χ3v) is 1.82. The van der Waals surface area contributed by atoms with Gasteiger partial charge in [0.25, 0.3) is 0 Å². The van der Waals surface area contributed by atoms with Crippen LogP contribution in [0.3, 0.4) is 0 Å². The molecule has 0 spiro atoms. The van der Waals surface area contributed by atoms with Crippen LogP contribution < -0.4 is 0 Å². The van der Waals surface area contributed by atoms with Crippen LogP contribution in [0, 0.1) is 20.1 Å². The molecule has 0 saturated heterocycles.